The first-order valence-corrected chi connectivity index (χ1v) is 13.0. The Labute approximate surface area is 209 Å². The van der Waals surface area contributed by atoms with Crippen LogP contribution in [0.25, 0.3) is 0 Å². The molecule has 5 N–H and O–H groups in total. The molecule has 2 saturated heterocycles. The number of hydrogen-bond donors (Lipinski definition) is 5. The van der Waals surface area contributed by atoms with Crippen LogP contribution in [0, 0.1) is 39.9 Å². The summed E-state index contributed by atoms with van der Waals surface area (Å²) in [4.78, 5) is 27.4. The first-order chi connectivity index (χ1) is 17.0. The fourth-order valence-electron chi connectivity index (χ4n) is 9.45. The molecule has 6 rings (SSSR count). The van der Waals surface area contributed by atoms with Crippen LogP contribution in [-0.2, 0) is 23.8 Å². The van der Waals surface area contributed by atoms with Gasteiger partial charge in [-0.05, 0) is 62.7 Å². The van der Waals surface area contributed by atoms with Crippen molar-refractivity contribution in [3.8, 4) is 0 Å². The van der Waals surface area contributed by atoms with Gasteiger partial charge in [0, 0.05) is 11.3 Å². The highest BCUT2D eigenvalue weighted by Gasteiger charge is 2.80. The number of hydrogen-bond acceptors (Lipinski definition) is 10. The average Bonchev–Trinajstić information content (AvgIpc) is 3.26. The van der Waals surface area contributed by atoms with Crippen molar-refractivity contribution in [2.24, 2.45) is 39.9 Å². The molecule has 0 amide bonds. The molecule has 13 unspecified atom stereocenters. The van der Waals surface area contributed by atoms with Crippen molar-refractivity contribution in [1.29, 1.82) is 0 Å². The third kappa shape index (κ3) is 2.88. The molecule has 6 aliphatic rings. The van der Waals surface area contributed by atoms with E-state index >= 15 is 0 Å². The quantitative estimate of drug-likeness (QED) is 0.251. The number of cyclic esters (lactones) is 1. The highest BCUT2D eigenvalue weighted by molar-refractivity contribution is 5.83. The number of rotatable bonds is 3. The molecule has 4 bridgehead atoms. The van der Waals surface area contributed by atoms with Crippen LogP contribution < -0.4 is 0 Å². The van der Waals surface area contributed by atoms with Gasteiger partial charge in [0.2, 0.25) is 6.29 Å². The van der Waals surface area contributed by atoms with E-state index in [9.17, 15) is 35.1 Å². The van der Waals surface area contributed by atoms with Crippen molar-refractivity contribution in [1.82, 2.24) is 0 Å². The minimum Gasteiger partial charge on any atom is -0.465 e. The summed E-state index contributed by atoms with van der Waals surface area (Å²) < 4.78 is 16.9. The van der Waals surface area contributed by atoms with Gasteiger partial charge < -0.3 is 39.7 Å². The highest BCUT2D eigenvalue weighted by Crippen LogP contribution is 2.78. The standard InChI is InChI=1S/C26H36O10/c1-11-7-26-8-12(11)3-4-14(26)25-6-5-15(28)24(2,23(33)34-10-25)20(25)16(26)21(32)36-22-19(31)18(30)17(29)13(9-27)35-22/h12-20,22,27-31H,1,3-10H2,2H3. The van der Waals surface area contributed by atoms with Crippen LogP contribution >= 0.6 is 0 Å². The van der Waals surface area contributed by atoms with Crippen LogP contribution in [0.4, 0.5) is 0 Å². The smallest absolute Gasteiger partial charge is 0.314 e. The fraction of sp³-hybridized carbons (Fsp3) is 0.846. The summed E-state index contributed by atoms with van der Waals surface area (Å²) in [5, 5.41) is 51.5. The van der Waals surface area contributed by atoms with Gasteiger partial charge in [0.15, 0.2) is 0 Å². The van der Waals surface area contributed by atoms with Gasteiger partial charge in [-0.15, -0.1) is 0 Å². The Balaban J connectivity index is 1.42. The third-order valence-electron chi connectivity index (χ3n) is 11.0. The summed E-state index contributed by atoms with van der Waals surface area (Å²) in [5.74, 6) is -2.12. The molecule has 4 aliphatic carbocycles. The van der Waals surface area contributed by atoms with Gasteiger partial charge in [-0.25, -0.2) is 0 Å². The Hall–Kier alpha value is -1.56. The Kier molecular flexibility index (Phi) is 5.48. The SMILES string of the molecule is C=C1CC23CC1CCC2C12CCC(O)C(C)(C(=O)OC1)C2C3C(=O)OC1OC(CO)C(O)C(O)C1O. The third-order valence-corrected chi connectivity index (χ3v) is 11.0. The second-order valence-electron chi connectivity index (χ2n) is 12.3. The van der Waals surface area contributed by atoms with Crippen LogP contribution in [-0.4, -0.2) is 87.5 Å². The van der Waals surface area contributed by atoms with E-state index in [1.807, 2.05) is 0 Å². The van der Waals surface area contributed by atoms with Gasteiger partial charge in [0.05, 0.1) is 30.7 Å². The predicted octanol–water partition coefficient (Wildman–Crippen LogP) is -0.358. The van der Waals surface area contributed by atoms with E-state index < -0.39 is 83.4 Å². The summed E-state index contributed by atoms with van der Waals surface area (Å²) in [7, 11) is 0. The van der Waals surface area contributed by atoms with Crippen molar-refractivity contribution in [2.75, 3.05) is 13.2 Å². The normalized spacial score (nSPS) is 55.5. The molecule has 10 heteroatoms. The summed E-state index contributed by atoms with van der Waals surface area (Å²) in [6, 6.07) is 0. The number of esters is 2. The molecule has 1 spiro atoms. The van der Waals surface area contributed by atoms with Crippen LogP contribution in [0.3, 0.4) is 0 Å². The Morgan fingerprint density at radius 1 is 1.11 bits per heavy atom. The summed E-state index contributed by atoms with van der Waals surface area (Å²) in [5.41, 5.74) is -1.20. The Bertz CT molecular complexity index is 982. The Morgan fingerprint density at radius 2 is 1.86 bits per heavy atom. The van der Waals surface area contributed by atoms with E-state index in [1.165, 1.54) is 0 Å². The molecule has 2 aliphatic heterocycles. The van der Waals surface area contributed by atoms with Gasteiger partial charge >= 0.3 is 11.9 Å². The topological polar surface area (TPSA) is 163 Å². The molecular formula is C26H36O10. The van der Waals surface area contributed by atoms with Gasteiger partial charge in [0.1, 0.15) is 24.4 Å². The van der Waals surface area contributed by atoms with Crippen LogP contribution in [0.15, 0.2) is 12.2 Å². The maximum atomic E-state index is 14.1. The van der Waals surface area contributed by atoms with Gasteiger partial charge in [0.25, 0.3) is 0 Å². The molecule has 0 aromatic rings. The fourth-order valence-corrected chi connectivity index (χ4v) is 9.45. The number of aliphatic hydroxyl groups excluding tert-OH is 5. The molecule has 0 aromatic carbocycles. The van der Waals surface area contributed by atoms with Crippen LogP contribution in [0.1, 0.15) is 45.4 Å². The molecular weight excluding hydrogens is 472 g/mol. The van der Waals surface area contributed by atoms with Gasteiger partial charge in [-0.3, -0.25) is 9.59 Å². The average molecular weight is 509 g/mol. The van der Waals surface area contributed by atoms with Crippen LogP contribution in [0.5, 0.6) is 0 Å². The van der Waals surface area contributed by atoms with E-state index in [1.54, 1.807) is 6.92 Å². The zero-order valence-corrected chi connectivity index (χ0v) is 20.4. The second kappa shape index (κ2) is 7.97. The number of ether oxygens (including phenoxy) is 3. The zero-order chi connectivity index (χ0) is 25.8. The monoisotopic (exact) mass is 508 g/mol. The lowest BCUT2D eigenvalue weighted by molar-refractivity contribution is -0.295. The first-order valence-electron chi connectivity index (χ1n) is 13.0. The molecule has 13 atom stereocenters. The minimum absolute atomic E-state index is 0.0813. The van der Waals surface area contributed by atoms with E-state index in [0.717, 1.165) is 24.8 Å². The number of aliphatic hydroxyl groups is 5. The second-order valence-corrected chi connectivity index (χ2v) is 12.3. The molecule has 10 nitrogen and oxygen atoms in total. The number of carbonyl (C=O) groups is 2. The summed E-state index contributed by atoms with van der Waals surface area (Å²) in [6.45, 7) is 5.56. The molecule has 4 saturated carbocycles. The molecule has 2 heterocycles. The van der Waals surface area contributed by atoms with E-state index in [0.29, 0.717) is 19.3 Å². The van der Waals surface area contributed by atoms with E-state index in [2.05, 4.69) is 6.58 Å². The van der Waals surface area contributed by atoms with Crippen LogP contribution in [0.2, 0.25) is 0 Å². The van der Waals surface area contributed by atoms with Crippen molar-refractivity contribution in [3.63, 3.8) is 0 Å². The van der Waals surface area contributed by atoms with E-state index in [-0.39, 0.29) is 18.4 Å². The number of carbonyl (C=O) groups excluding carboxylic acids is 2. The maximum absolute atomic E-state index is 14.1. The molecule has 36 heavy (non-hydrogen) atoms. The molecule has 0 aromatic heterocycles. The predicted molar refractivity (Wildman–Crippen MR) is 121 cm³/mol. The van der Waals surface area contributed by atoms with Crippen molar-refractivity contribution >= 4 is 11.9 Å². The highest BCUT2D eigenvalue weighted by atomic mass is 16.7. The molecule has 6 fully saturated rings. The lowest BCUT2D eigenvalue weighted by Gasteiger charge is -2.57. The Morgan fingerprint density at radius 3 is 2.58 bits per heavy atom. The lowest BCUT2D eigenvalue weighted by atomic mass is 9.50. The van der Waals surface area contributed by atoms with Crippen molar-refractivity contribution in [2.45, 2.75) is 82.3 Å². The lowest BCUT2D eigenvalue weighted by Crippen LogP contribution is -2.64. The molecule has 200 valence electrons. The zero-order valence-electron chi connectivity index (χ0n) is 20.4. The molecule has 0 radical (unpaired) electrons. The van der Waals surface area contributed by atoms with Gasteiger partial charge in [-0.1, -0.05) is 12.2 Å². The van der Waals surface area contributed by atoms with E-state index in [4.69, 9.17) is 14.2 Å². The first kappa shape index (κ1) is 24.8. The van der Waals surface area contributed by atoms with Crippen molar-refractivity contribution < 1.29 is 49.3 Å². The minimum atomic E-state index is -1.72. The maximum Gasteiger partial charge on any atom is 0.314 e. The largest absolute Gasteiger partial charge is 0.465 e. The summed E-state index contributed by atoms with van der Waals surface area (Å²) in [6.07, 6.45) is -4.48. The van der Waals surface area contributed by atoms with Crippen molar-refractivity contribution in [3.05, 3.63) is 12.2 Å². The van der Waals surface area contributed by atoms with Gasteiger partial charge in [-0.2, -0.15) is 0 Å². The summed E-state index contributed by atoms with van der Waals surface area (Å²) >= 11 is 0. The number of fused-ring (bicyclic) bond motifs is 1. The number of allylic oxidation sites excluding steroid dienone is 1.